The summed E-state index contributed by atoms with van der Waals surface area (Å²) in [6, 6.07) is 14.9. The van der Waals surface area contributed by atoms with E-state index in [1.54, 1.807) is 0 Å². The van der Waals surface area contributed by atoms with Gasteiger partial charge in [-0.15, -0.1) is 0 Å². The van der Waals surface area contributed by atoms with Crippen LogP contribution in [0, 0.1) is 5.92 Å². The fourth-order valence-corrected chi connectivity index (χ4v) is 2.57. The van der Waals surface area contributed by atoms with Crippen molar-refractivity contribution in [1.29, 1.82) is 0 Å². The van der Waals surface area contributed by atoms with Crippen molar-refractivity contribution in [1.82, 2.24) is 0 Å². The maximum Gasteiger partial charge on any atom is 0.320 e. The summed E-state index contributed by atoms with van der Waals surface area (Å²) in [5, 5.41) is 0.711. The third-order valence-corrected chi connectivity index (χ3v) is 4.16. The highest BCUT2D eigenvalue weighted by molar-refractivity contribution is 6.30. The second-order valence-electron chi connectivity index (χ2n) is 5.67. The fourth-order valence-electron chi connectivity index (χ4n) is 2.44. The molecule has 2 aromatic rings. The lowest BCUT2D eigenvalue weighted by atomic mass is 9.99. The van der Waals surface area contributed by atoms with Gasteiger partial charge in [-0.05, 0) is 41.8 Å². The Hall–Kier alpha value is -2.53. The van der Waals surface area contributed by atoms with Gasteiger partial charge in [0.25, 0.3) is 0 Å². The minimum absolute atomic E-state index is 0.213. The van der Waals surface area contributed by atoms with Gasteiger partial charge in [-0.1, -0.05) is 35.9 Å². The van der Waals surface area contributed by atoms with Gasteiger partial charge in [0.2, 0.25) is 0 Å². The van der Waals surface area contributed by atoms with E-state index in [1.807, 2.05) is 48.5 Å². The predicted octanol–water partition coefficient (Wildman–Crippen LogP) is 3.47. The molecule has 138 valence electrons. The summed E-state index contributed by atoms with van der Waals surface area (Å²) < 4.78 is 15.0. The van der Waals surface area contributed by atoms with Crippen molar-refractivity contribution in [3.8, 4) is 5.75 Å². The lowest BCUT2D eigenvalue weighted by molar-refractivity contribution is -0.158. The number of ether oxygens (including phenoxy) is 3. The van der Waals surface area contributed by atoms with E-state index >= 15 is 0 Å². The lowest BCUT2D eigenvalue weighted by Crippen LogP contribution is -2.28. The van der Waals surface area contributed by atoms with E-state index in [9.17, 15) is 9.59 Å². The zero-order valence-corrected chi connectivity index (χ0v) is 15.5. The molecule has 0 aromatic heterocycles. The maximum atomic E-state index is 11.7. The summed E-state index contributed by atoms with van der Waals surface area (Å²) >= 11 is 5.86. The van der Waals surface area contributed by atoms with Crippen LogP contribution in [-0.4, -0.2) is 32.8 Å². The molecule has 0 saturated heterocycles. The zero-order chi connectivity index (χ0) is 18.9. The largest absolute Gasteiger partial charge is 0.493 e. The quantitative estimate of drug-likeness (QED) is 0.521. The van der Waals surface area contributed by atoms with Crippen LogP contribution in [0.2, 0.25) is 5.02 Å². The number of methoxy groups -OCH3 is 2. The SMILES string of the molecule is COC(=O)C(Cc1ccc(OCCc2ccc(Cl)cc2)cc1)C(=O)OC. The van der Waals surface area contributed by atoms with Crippen LogP contribution in [0.15, 0.2) is 48.5 Å². The van der Waals surface area contributed by atoms with Crippen LogP contribution in [0.1, 0.15) is 11.1 Å². The molecule has 2 aromatic carbocycles. The molecule has 0 atom stereocenters. The molecular weight excluding hydrogens is 356 g/mol. The first-order valence-electron chi connectivity index (χ1n) is 8.15. The maximum absolute atomic E-state index is 11.7. The van der Waals surface area contributed by atoms with Crippen LogP contribution < -0.4 is 4.74 Å². The number of carbonyl (C=O) groups excluding carboxylic acids is 2. The molecule has 2 rings (SSSR count). The van der Waals surface area contributed by atoms with Gasteiger partial charge in [-0.25, -0.2) is 0 Å². The Kier molecular flexibility index (Phi) is 7.48. The van der Waals surface area contributed by atoms with Gasteiger partial charge in [-0.3, -0.25) is 9.59 Å². The Bertz CT molecular complexity index is 709. The average molecular weight is 377 g/mol. The monoisotopic (exact) mass is 376 g/mol. The van der Waals surface area contributed by atoms with Crippen LogP contribution in [0.25, 0.3) is 0 Å². The Balaban J connectivity index is 1.89. The van der Waals surface area contributed by atoms with E-state index in [4.69, 9.17) is 16.3 Å². The van der Waals surface area contributed by atoms with E-state index in [2.05, 4.69) is 9.47 Å². The van der Waals surface area contributed by atoms with Crippen molar-refractivity contribution in [2.75, 3.05) is 20.8 Å². The van der Waals surface area contributed by atoms with Crippen LogP contribution in [0.4, 0.5) is 0 Å². The third-order valence-electron chi connectivity index (χ3n) is 3.91. The highest BCUT2D eigenvalue weighted by Gasteiger charge is 2.28. The summed E-state index contributed by atoms with van der Waals surface area (Å²) in [5.74, 6) is -1.47. The Labute approximate surface area is 157 Å². The van der Waals surface area contributed by atoms with Crippen LogP contribution >= 0.6 is 11.6 Å². The summed E-state index contributed by atoms with van der Waals surface area (Å²) in [6.07, 6.45) is 0.982. The van der Waals surface area contributed by atoms with Gasteiger partial charge >= 0.3 is 11.9 Å². The predicted molar refractivity (Wildman–Crippen MR) is 98.3 cm³/mol. The third kappa shape index (κ3) is 5.77. The number of hydrogen-bond donors (Lipinski definition) is 0. The van der Waals surface area contributed by atoms with Gasteiger partial charge in [0.1, 0.15) is 5.75 Å². The van der Waals surface area contributed by atoms with Crippen molar-refractivity contribution in [3.05, 3.63) is 64.7 Å². The summed E-state index contributed by atoms with van der Waals surface area (Å²) in [6.45, 7) is 0.536. The van der Waals surface area contributed by atoms with Gasteiger partial charge < -0.3 is 14.2 Å². The Morgan fingerprint density at radius 2 is 1.42 bits per heavy atom. The van der Waals surface area contributed by atoms with E-state index in [0.29, 0.717) is 11.6 Å². The van der Waals surface area contributed by atoms with Gasteiger partial charge in [-0.2, -0.15) is 0 Å². The molecular formula is C20H21ClO5. The number of carbonyl (C=O) groups is 2. The smallest absolute Gasteiger partial charge is 0.320 e. The summed E-state index contributed by atoms with van der Waals surface area (Å²) in [5.41, 5.74) is 1.96. The lowest BCUT2D eigenvalue weighted by Gasteiger charge is -2.13. The molecule has 0 heterocycles. The van der Waals surface area contributed by atoms with Gasteiger partial charge in [0, 0.05) is 11.4 Å². The highest BCUT2D eigenvalue weighted by atomic mass is 35.5. The van der Waals surface area contributed by atoms with Crippen molar-refractivity contribution >= 4 is 23.5 Å². The molecule has 0 unspecified atom stereocenters. The average Bonchev–Trinajstić information content (AvgIpc) is 2.67. The van der Waals surface area contributed by atoms with Gasteiger partial charge in [0.15, 0.2) is 5.92 Å². The molecule has 0 spiro atoms. The fraction of sp³-hybridized carbons (Fsp3) is 0.300. The Morgan fingerprint density at radius 3 is 1.96 bits per heavy atom. The first-order chi connectivity index (χ1) is 12.5. The number of esters is 2. The van der Waals surface area contributed by atoms with Crippen molar-refractivity contribution in [2.24, 2.45) is 5.92 Å². The molecule has 0 aliphatic heterocycles. The number of halogens is 1. The standard InChI is InChI=1S/C20H21ClO5/c1-24-19(22)18(20(23)25-2)13-15-5-9-17(10-6-15)26-12-11-14-3-7-16(21)8-4-14/h3-10,18H,11-13H2,1-2H3. The normalized spacial score (nSPS) is 10.5. The molecule has 0 saturated carbocycles. The van der Waals surface area contributed by atoms with Crippen LogP contribution in [-0.2, 0) is 31.9 Å². The molecule has 0 N–H and O–H groups in total. The van der Waals surface area contributed by atoms with Gasteiger partial charge in [0.05, 0.1) is 20.8 Å². The molecule has 6 heteroatoms. The molecule has 5 nitrogen and oxygen atoms in total. The topological polar surface area (TPSA) is 61.8 Å². The van der Waals surface area contributed by atoms with E-state index < -0.39 is 17.9 Å². The molecule has 0 aliphatic carbocycles. The molecule has 26 heavy (non-hydrogen) atoms. The second kappa shape index (κ2) is 9.82. The van der Waals surface area contributed by atoms with E-state index in [1.165, 1.54) is 14.2 Å². The summed E-state index contributed by atoms with van der Waals surface area (Å²) in [4.78, 5) is 23.4. The van der Waals surface area contributed by atoms with Crippen LogP contribution in [0.5, 0.6) is 5.75 Å². The van der Waals surface area contributed by atoms with E-state index in [0.717, 1.165) is 23.3 Å². The molecule has 0 radical (unpaired) electrons. The summed E-state index contributed by atoms with van der Waals surface area (Å²) in [7, 11) is 2.49. The molecule has 0 amide bonds. The minimum atomic E-state index is -0.971. The van der Waals surface area contributed by atoms with Crippen molar-refractivity contribution in [3.63, 3.8) is 0 Å². The van der Waals surface area contributed by atoms with Crippen molar-refractivity contribution in [2.45, 2.75) is 12.8 Å². The minimum Gasteiger partial charge on any atom is -0.493 e. The molecule has 0 fully saturated rings. The van der Waals surface area contributed by atoms with E-state index in [-0.39, 0.29) is 6.42 Å². The molecule has 0 aliphatic rings. The second-order valence-corrected chi connectivity index (χ2v) is 6.11. The van der Waals surface area contributed by atoms with Crippen molar-refractivity contribution < 1.29 is 23.8 Å². The first kappa shape index (κ1) is 19.8. The molecule has 0 bridgehead atoms. The highest BCUT2D eigenvalue weighted by Crippen LogP contribution is 2.17. The first-order valence-corrected chi connectivity index (χ1v) is 8.53. The zero-order valence-electron chi connectivity index (χ0n) is 14.7. The number of rotatable bonds is 8. The Morgan fingerprint density at radius 1 is 0.885 bits per heavy atom. The van der Waals surface area contributed by atoms with Crippen LogP contribution in [0.3, 0.4) is 0 Å². The number of benzene rings is 2. The number of hydrogen-bond acceptors (Lipinski definition) is 5.